The summed E-state index contributed by atoms with van der Waals surface area (Å²) < 4.78 is 12.3. The SMILES string of the molecule is CCCCNCCc1sc(C)nc1-c1ccc(OC(CCCC)Oc2ccc(C(N)=NO)cc2)cc1. The summed E-state index contributed by atoms with van der Waals surface area (Å²) in [6.45, 7) is 8.44. The van der Waals surface area contributed by atoms with Crippen LogP contribution in [0.1, 0.15) is 61.4 Å². The smallest absolute Gasteiger partial charge is 0.241 e. The van der Waals surface area contributed by atoms with Crippen molar-refractivity contribution in [3.8, 4) is 22.8 Å². The second-order valence-corrected chi connectivity index (χ2v) is 9.99. The molecule has 4 N–H and O–H groups in total. The molecule has 0 amide bonds. The van der Waals surface area contributed by atoms with Crippen molar-refractivity contribution in [2.24, 2.45) is 10.9 Å². The van der Waals surface area contributed by atoms with Gasteiger partial charge in [0.25, 0.3) is 0 Å². The maximum absolute atomic E-state index is 8.84. The molecule has 0 aliphatic heterocycles. The summed E-state index contributed by atoms with van der Waals surface area (Å²) in [7, 11) is 0. The molecule has 0 spiro atoms. The van der Waals surface area contributed by atoms with Gasteiger partial charge in [-0.15, -0.1) is 11.3 Å². The number of ether oxygens (including phenoxy) is 2. The maximum Gasteiger partial charge on any atom is 0.241 e. The van der Waals surface area contributed by atoms with E-state index in [-0.39, 0.29) is 5.84 Å². The molecular weight excluding hydrogens is 472 g/mol. The molecule has 194 valence electrons. The molecule has 0 aliphatic carbocycles. The predicted molar refractivity (Wildman–Crippen MR) is 147 cm³/mol. The second-order valence-electron chi connectivity index (χ2n) is 8.70. The first kappa shape index (κ1) is 27.5. The van der Waals surface area contributed by atoms with Crippen LogP contribution in [-0.4, -0.2) is 35.4 Å². The van der Waals surface area contributed by atoms with Crippen LogP contribution in [0.25, 0.3) is 11.3 Å². The molecule has 0 fully saturated rings. The lowest BCUT2D eigenvalue weighted by atomic mass is 10.1. The first-order valence-corrected chi connectivity index (χ1v) is 13.5. The molecule has 1 heterocycles. The highest BCUT2D eigenvalue weighted by Crippen LogP contribution is 2.30. The van der Waals surface area contributed by atoms with E-state index in [9.17, 15) is 0 Å². The molecule has 1 atom stereocenters. The minimum absolute atomic E-state index is 0.0617. The Bertz CT molecular complexity index is 1080. The molecule has 0 saturated carbocycles. The van der Waals surface area contributed by atoms with Gasteiger partial charge in [-0.05, 0) is 81.3 Å². The third-order valence-electron chi connectivity index (χ3n) is 5.75. The normalized spacial score (nSPS) is 12.5. The largest absolute Gasteiger partial charge is 0.455 e. The number of rotatable bonds is 15. The van der Waals surface area contributed by atoms with Gasteiger partial charge in [-0.1, -0.05) is 31.8 Å². The zero-order chi connectivity index (χ0) is 25.8. The zero-order valence-corrected chi connectivity index (χ0v) is 22.3. The quantitative estimate of drug-likeness (QED) is 0.0569. The van der Waals surface area contributed by atoms with Crippen LogP contribution >= 0.6 is 11.3 Å². The molecule has 7 nitrogen and oxygen atoms in total. The Morgan fingerprint density at radius 3 is 2.25 bits per heavy atom. The van der Waals surface area contributed by atoms with E-state index in [2.05, 4.69) is 43.4 Å². The van der Waals surface area contributed by atoms with Gasteiger partial charge in [0.1, 0.15) is 11.5 Å². The number of hydrogen-bond donors (Lipinski definition) is 3. The summed E-state index contributed by atoms with van der Waals surface area (Å²) in [6, 6.07) is 15.2. The number of unbranched alkanes of at least 4 members (excludes halogenated alkanes) is 2. The van der Waals surface area contributed by atoms with E-state index < -0.39 is 6.29 Å². The van der Waals surface area contributed by atoms with Crippen molar-refractivity contribution < 1.29 is 14.7 Å². The predicted octanol–water partition coefficient (Wildman–Crippen LogP) is 6.12. The van der Waals surface area contributed by atoms with Crippen molar-refractivity contribution in [2.75, 3.05) is 13.1 Å². The maximum atomic E-state index is 8.84. The van der Waals surface area contributed by atoms with E-state index in [0.29, 0.717) is 11.3 Å². The Balaban J connectivity index is 1.66. The Labute approximate surface area is 218 Å². The standard InChI is InChI=1S/C28H38N4O3S/c1-4-6-8-26(35-24-15-11-22(12-16-24)28(29)32-33)34-23-13-9-21(10-14-23)27-25(36-20(3)31-27)17-19-30-18-7-5-2/h9-16,26,30,33H,4-8,17-19H2,1-3H3,(H2,29,32). The van der Waals surface area contributed by atoms with Crippen molar-refractivity contribution in [3.63, 3.8) is 0 Å². The number of nitrogens with one attached hydrogen (secondary N) is 1. The lowest BCUT2D eigenvalue weighted by Crippen LogP contribution is -2.24. The van der Waals surface area contributed by atoms with Crippen LogP contribution in [0.2, 0.25) is 0 Å². The molecule has 1 unspecified atom stereocenters. The molecule has 3 aromatic rings. The third-order valence-corrected chi connectivity index (χ3v) is 6.78. The number of aromatic nitrogens is 1. The monoisotopic (exact) mass is 510 g/mol. The van der Waals surface area contributed by atoms with Gasteiger partial charge in [0.05, 0.1) is 10.7 Å². The summed E-state index contributed by atoms with van der Waals surface area (Å²) in [5, 5.41) is 16.5. The Hall–Kier alpha value is -3.10. The van der Waals surface area contributed by atoms with Gasteiger partial charge in [-0.25, -0.2) is 4.98 Å². The summed E-state index contributed by atoms with van der Waals surface area (Å²) in [5.41, 5.74) is 8.43. The number of nitrogens with two attached hydrogens (primary N) is 1. The highest BCUT2D eigenvalue weighted by molar-refractivity contribution is 7.12. The Morgan fingerprint density at radius 2 is 1.64 bits per heavy atom. The van der Waals surface area contributed by atoms with Gasteiger partial charge in [-0.3, -0.25) is 0 Å². The molecule has 0 saturated heterocycles. The number of benzene rings is 2. The number of thiazole rings is 1. The Morgan fingerprint density at radius 1 is 1.00 bits per heavy atom. The van der Waals surface area contributed by atoms with E-state index in [1.807, 2.05) is 12.1 Å². The van der Waals surface area contributed by atoms with Crippen LogP contribution in [0.15, 0.2) is 53.7 Å². The van der Waals surface area contributed by atoms with Crippen molar-refractivity contribution >= 4 is 17.2 Å². The molecule has 0 radical (unpaired) electrons. The molecular formula is C28H38N4O3S. The number of nitrogens with zero attached hydrogens (tertiary/aromatic N) is 2. The second kappa shape index (κ2) is 14.5. The number of aryl methyl sites for hydroxylation is 1. The van der Waals surface area contributed by atoms with Gasteiger partial charge in [0, 0.05) is 29.0 Å². The molecule has 8 heteroatoms. The van der Waals surface area contributed by atoms with Crippen LogP contribution in [0.5, 0.6) is 11.5 Å². The van der Waals surface area contributed by atoms with Crippen molar-refractivity contribution in [1.82, 2.24) is 10.3 Å². The van der Waals surface area contributed by atoms with Crippen LogP contribution < -0.4 is 20.5 Å². The van der Waals surface area contributed by atoms with Gasteiger partial charge in [0.15, 0.2) is 5.84 Å². The van der Waals surface area contributed by atoms with Crippen LogP contribution in [0.4, 0.5) is 0 Å². The highest BCUT2D eigenvalue weighted by Gasteiger charge is 2.15. The molecule has 36 heavy (non-hydrogen) atoms. The van der Waals surface area contributed by atoms with Crippen LogP contribution in [-0.2, 0) is 6.42 Å². The van der Waals surface area contributed by atoms with Crippen molar-refractivity contribution in [1.29, 1.82) is 0 Å². The molecule has 0 bridgehead atoms. The molecule has 1 aromatic heterocycles. The van der Waals surface area contributed by atoms with Gasteiger partial charge in [-0.2, -0.15) is 0 Å². The highest BCUT2D eigenvalue weighted by atomic mass is 32.1. The minimum atomic E-state index is -0.420. The zero-order valence-electron chi connectivity index (χ0n) is 21.5. The first-order chi connectivity index (χ1) is 17.5. The topological polar surface area (TPSA) is 102 Å². The van der Waals surface area contributed by atoms with Crippen LogP contribution in [0, 0.1) is 6.92 Å². The average molecular weight is 511 g/mol. The van der Waals surface area contributed by atoms with E-state index in [0.717, 1.165) is 60.8 Å². The van der Waals surface area contributed by atoms with E-state index in [1.54, 1.807) is 35.6 Å². The molecule has 2 aromatic carbocycles. The molecule has 0 aliphatic rings. The lowest BCUT2D eigenvalue weighted by Gasteiger charge is -2.21. The number of hydrogen-bond acceptors (Lipinski definition) is 7. The van der Waals surface area contributed by atoms with E-state index >= 15 is 0 Å². The third kappa shape index (κ3) is 8.24. The lowest BCUT2D eigenvalue weighted by molar-refractivity contribution is -0.00211. The Kier molecular flexibility index (Phi) is 11.0. The fourth-order valence-corrected chi connectivity index (χ4v) is 4.72. The average Bonchev–Trinajstić information content (AvgIpc) is 3.27. The first-order valence-electron chi connectivity index (χ1n) is 12.7. The van der Waals surface area contributed by atoms with Crippen molar-refractivity contribution in [2.45, 2.75) is 65.6 Å². The number of oxime groups is 1. The summed E-state index contributed by atoms with van der Waals surface area (Å²) >= 11 is 1.77. The fraction of sp³-hybridized carbons (Fsp3) is 0.429. The summed E-state index contributed by atoms with van der Waals surface area (Å²) in [5.74, 6) is 1.48. The summed E-state index contributed by atoms with van der Waals surface area (Å²) in [6.07, 6.45) is 5.76. The van der Waals surface area contributed by atoms with Crippen molar-refractivity contribution in [3.05, 3.63) is 64.0 Å². The van der Waals surface area contributed by atoms with Gasteiger partial charge < -0.3 is 25.7 Å². The summed E-state index contributed by atoms with van der Waals surface area (Å²) in [4.78, 5) is 6.11. The fourth-order valence-electron chi connectivity index (χ4n) is 3.76. The van der Waals surface area contributed by atoms with E-state index in [1.165, 1.54) is 17.7 Å². The van der Waals surface area contributed by atoms with E-state index in [4.69, 9.17) is 25.4 Å². The number of amidine groups is 1. The molecule has 3 rings (SSSR count). The van der Waals surface area contributed by atoms with Gasteiger partial charge >= 0.3 is 0 Å². The van der Waals surface area contributed by atoms with Gasteiger partial charge in [0.2, 0.25) is 6.29 Å². The van der Waals surface area contributed by atoms with Crippen LogP contribution in [0.3, 0.4) is 0 Å². The minimum Gasteiger partial charge on any atom is -0.455 e.